The van der Waals surface area contributed by atoms with Crippen molar-refractivity contribution in [2.24, 2.45) is 0 Å². The minimum Gasteiger partial charge on any atom is -0.468 e. The zero-order valence-electron chi connectivity index (χ0n) is 6.87. The van der Waals surface area contributed by atoms with E-state index in [4.69, 9.17) is 9.15 Å². The lowest BCUT2D eigenvalue weighted by Crippen LogP contribution is -2.20. The van der Waals surface area contributed by atoms with Crippen LogP contribution in [0.2, 0.25) is 0 Å². The number of hydrogen-bond donors (Lipinski definition) is 0. The molecule has 1 aromatic rings. The molecule has 1 fully saturated rings. The molecule has 2 rings (SSSR count). The molecule has 1 saturated carbocycles. The fraction of sp³-hybridized carbons (Fsp3) is 0.444. The van der Waals surface area contributed by atoms with Gasteiger partial charge in [0, 0.05) is 0 Å². The van der Waals surface area contributed by atoms with Crippen LogP contribution in [0.1, 0.15) is 18.6 Å². The van der Waals surface area contributed by atoms with Crippen molar-refractivity contribution in [3.63, 3.8) is 0 Å². The predicted molar refractivity (Wildman–Crippen MR) is 41.6 cm³/mol. The van der Waals surface area contributed by atoms with Crippen molar-refractivity contribution >= 4 is 5.97 Å². The fourth-order valence-corrected chi connectivity index (χ4v) is 1.42. The average Bonchev–Trinajstić information content (AvgIpc) is 2.73. The van der Waals surface area contributed by atoms with E-state index in [0.29, 0.717) is 0 Å². The van der Waals surface area contributed by atoms with Crippen LogP contribution in [0, 0.1) is 0 Å². The Kier molecular flexibility index (Phi) is 1.46. The number of rotatable bonds is 2. The predicted octanol–water partition coefficient (Wildman–Crippen LogP) is 1.48. The third kappa shape index (κ3) is 0.858. The van der Waals surface area contributed by atoms with Crippen molar-refractivity contribution < 1.29 is 13.9 Å². The summed E-state index contributed by atoms with van der Waals surface area (Å²) in [5, 5.41) is 0. The molecule has 1 aliphatic rings. The van der Waals surface area contributed by atoms with Crippen LogP contribution in [0.4, 0.5) is 0 Å². The van der Waals surface area contributed by atoms with Crippen molar-refractivity contribution in [1.82, 2.24) is 0 Å². The van der Waals surface area contributed by atoms with Crippen LogP contribution < -0.4 is 0 Å². The number of methoxy groups -OCH3 is 1. The Bertz CT molecular complexity index is 283. The molecule has 0 unspecified atom stereocenters. The molecule has 0 atom stereocenters. The van der Waals surface area contributed by atoms with E-state index in [2.05, 4.69) is 0 Å². The summed E-state index contributed by atoms with van der Waals surface area (Å²) in [7, 11) is 1.41. The van der Waals surface area contributed by atoms with Crippen LogP contribution in [0.5, 0.6) is 0 Å². The van der Waals surface area contributed by atoms with Crippen molar-refractivity contribution in [1.29, 1.82) is 0 Å². The third-order valence-electron chi connectivity index (χ3n) is 2.32. The second-order valence-electron chi connectivity index (χ2n) is 3.05. The summed E-state index contributed by atoms with van der Waals surface area (Å²) >= 11 is 0. The molecule has 1 heterocycles. The molecule has 0 aromatic carbocycles. The molecule has 0 amide bonds. The molecule has 1 aliphatic carbocycles. The molecular weight excluding hydrogens is 156 g/mol. The summed E-state index contributed by atoms with van der Waals surface area (Å²) in [6.07, 6.45) is 3.26. The molecule has 0 spiro atoms. The summed E-state index contributed by atoms with van der Waals surface area (Å²) in [5.74, 6) is 0.548. The van der Waals surface area contributed by atoms with Gasteiger partial charge in [-0.1, -0.05) is 0 Å². The second kappa shape index (κ2) is 2.37. The lowest BCUT2D eigenvalue weighted by atomic mass is 10.1. The highest BCUT2D eigenvalue weighted by atomic mass is 16.5. The summed E-state index contributed by atoms with van der Waals surface area (Å²) in [6, 6.07) is 3.61. The Morgan fingerprint density at radius 3 is 2.83 bits per heavy atom. The standard InChI is InChI=1S/C9H10O3/c1-11-8(10)9(4-5-9)7-3-2-6-12-7/h2-3,6H,4-5H2,1H3. The first kappa shape index (κ1) is 7.40. The van der Waals surface area contributed by atoms with Gasteiger partial charge in [-0.25, -0.2) is 0 Å². The molecule has 3 nitrogen and oxygen atoms in total. The van der Waals surface area contributed by atoms with E-state index in [-0.39, 0.29) is 5.97 Å². The Balaban J connectivity index is 2.28. The monoisotopic (exact) mass is 166 g/mol. The molecule has 0 radical (unpaired) electrons. The lowest BCUT2D eigenvalue weighted by Gasteiger charge is -2.07. The first-order valence-electron chi connectivity index (χ1n) is 3.92. The van der Waals surface area contributed by atoms with Gasteiger partial charge in [-0.3, -0.25) is 4.79 Å². The Labute approximate surface area is 70.3 Å². The topological polar surface area (TPSA) is 39.4 Å². The molecule has 1 aromatic heterocycles. The van der Waals surface area contributed by atoms with Crippen molar-refractivity contribution in [2.75, 3.05) is 7.11 Å². The fourth-order valence-electron chi connectivity index (χ4n) is 1.42. The van der Waals surface area contributed by atoms with Gasteiger partial charge in [0.25, 0.3) is 0 Å². The number of esters is 1. The molecule has 0 saturated heterocycles. The minimum atomic E-state index is -0.446. The van der Waals surface area contributed by atoms with E-state index in [0.717, 1.165) is 18.6 Å². The first-order chi connectivity index (χ1) is 5.79. The number of carbonyl (C=O) groups excluding carboxylic acids is 1. The quantitative estimate of drug-likeness (QED) is 0.625. The molecule has 0 bridgehead atoms. The van der Waals surface area contributed by atoms with Crippen LogP contribution in [-0.2, 0) is 14.9 Å². The van der Waals surface area contributed by atoms with Crippen LogP contribution in [0.15, 0.2) is 22.8 Å². The van der Waals surface area contributed by atoms with Gasteiger partial charge < -0.3 is 9.15 Å². The number of furan rings is 1. The van der Waals surface area contributed by atoms with E-state index in [1.54, 1.807) is 12.3 Å². The van der Waals surface area contributed by atoms with Crippen LogP contribution in [0.25, 0.3) is 0 Å². The van der Waals surface area contributed by atoms with E-state index in [9.17, 15) is 4.79 Å². The van der Waals surface area contributed by atoms with E-state index in [1.807, 2.05) is 6.07 Å². The summed E-state index contributed by atoms with van der Waals surface area (Å²) in [6.45, 7) is 0. The van der Waals surface area contributed by atoms with Gasteiger partial charge in [-0.2, -0.15) is 0 Å². The van der Waals surface area contributed by atoms with Crippen molar-refractivity contribution in [3.8, 4) is 0 Å². The summed E-state index contributed by atoms with van der Waals surface area (Å²) in [5.41, 5.74) is -0.446. The van der Waals surface area contributed by atoms with E-state index < -0.39 is 5.41 Å². The molecule has 64 valence electrons. The molecule has 12 heavy (non-hydrogen) atoms. The van der Waals surface area contributed by atoms with E-state index >= 15 is 0 Å². The zero-order chi connectivity index (χ0) is 8.60. The van der Waals surface area contributed by atoms with Crippen LogP contribution >= 0.6 is 0 Å². The molecule has 0 aliphatic heterocycles. The maximum absolute atomic E-state index is 11.3. The average molecular weight is 166 g/mol. The van der Waals surface area contributed by atoms with Crippen LogP contribution in [-0.4, -0.2) is 13.1 Å². The summed E-state index contributed by atoms with van der Waals surface area (Å²) in [4.78, 5) is 11.3. The first-order valence-corrected chi connectivity index (χ1v) is 3.92. The number of hydrogen-bond acceptors (Lipinski definition) is 3. The van der Waals surface area contributed by atoms with Crippen LogP contribution in [0.3, 0.4) is 0 Å². The largest absolute Gasteiger partial charge is 0.468 e. The van der Waals surface area contributed by atoms with Crippen molar-refractivity contribution in [2.45, 2.75) is 18.3 Å². The number of carbonyl (C=O) groups is 1. The Morgan fingerprint density at radius 1 is 1.67 bits per heavy atom. The van der Waals surface area contributed by atoms with Gasteiger partial charge in [0.05, 0.1) is 13.4 Å². The molecule has 0 N–H and O–H groups in total. The van der Waals surface area contributed by atoms with Gasteiger partial charge in [0.1, 0.15) is 11.2 Å². The van der Waals surface area contributed by atoms with Crippen molar-refractivity contribution in [3.05, 3.63) is 24.2 Å². The lowest BCUT2D eigenvalue weighted by molar-refractivity contribution is -0.144. The zero-order valence-corrected chi connectivity index (χ0v) is 6.87. The Morgan fingerprint density at radius 2 is 2.42 bits per heavy atom. The number of ether oxygens (including phenoxy) is 1. The highest BCUT2D eigenvalue weighted by Gasteiger charge is 2.55. The normalized spacial score (nSPS) is 18.8. The van der Waals surface area contributed by atoms with Gasteiger partial charge in [-0.15, -0.1) is 0 Å². The third-order valence-corrected chi connectivity index (χ3v) is 2.32. The summed E-state index contributed by atoms with van der Waals surface area (Å²) < 4.78 is 9.89. The second-order valence-corrected chi connectivity index (χ2v) is 3.05. The van der Waals surface area contributed by atoms with Gasteiger partial charge >= 0.3 is 5.97 Å². The minimum absolute atomic E-state index is 0.183. The Hall–Kier alpha value is -1.25. The highest BCUT2D eigenvalue weighted by molar-refractivity contribution is 5.85. The maximum Gasteiger partial charge on any atom is 0.319 e. The maximum atomic E-state index is 11.3. The molecular formula is C9H10O3. The highest BCUT2D eigenvalue weighted by Crippen LogP contribution is 2.49. The van der Waals surface area contributed by atoms with Gasteiger partial charge in [0.2, 0.25) is 0 Å². The van der Waals surface area contributed by atoms with Gasteiger partial charge in [-0.05, 0) is 25.0 Å². The molecule has 3 heteroatoms. The SMILES string of the molecule is COC(=O)C1(c2ccco2)CC1. The smallest absolute Gasteiger partial charge is 0.319 e. The van der Waals surface area contributed by atoms with Gasteiger partial charge in [0.15, 0.2) is 0 Å². The van der Waals surface area contributed by atoms with E-state index in [1.165, 1.54) is 7.11 Å².